The van der Waals surface area contributed by atoms with E-state index in [9.17, 15) is 0 Å². The average molecular weight is 213 g/mol. The lowest BCUT2D eigenvalue weighted by Gasteiger charge is -2.00. The van der Waals surface area contributed by atoms with Crippen LogP contribution in [0.4, 0.5) is 0 Å². The molecule has 0 N–H and O–H groups in total. The zero-order valence-electron chi connectivity index (χ0n) is 9.18. The topological polar surface area (TPSA) is 67.4 Å². The Labute approximate surface area is 93.4 Å². The quantitative estimate of drug-likeness (QED) is 0.756. The summed E-state index contributed by atoms with van der Waals surface area (Å²) in [4.78, 5) is 5.62. The molecule has 2 heterocycles. The smallest absolute Gasteiger partial charge is 0.174 e. The van der Waals surface area contributed by atoms with E-state index in [1.165, 1.54) is 4.80 Å². The number of rotatable bonds is 2. The first-order valence-corrected chi connectivity index (χ1v) is 5.03. The van der Waals surface area contributed by atoms with E-state index in [2.05, 4.69) is 21.3 Å². The van der Waals surface area contributed by atoms with Gasteiger partial charge in [-0.05, 0) is 25.0 Å². The second kappa shape index (κ2) is 4.11. The maximum Gasteiger partial charge on any atom is 0.174 e. The van der Waals surface area contributed by atoms with E-state index >= 15 is 0 Å². The molecule has 2 rings (SSSR count). The van der Waals surface area contributed by atoms with Crippen LogP contribution in [-0.4, -0.2) is 20.0 Å². The van der Waals surface area contributed by atoms with Crippen LogP contribution in [0, 0.1) is 18.3 Å². The lowest BCUT2D eigenvalue weighted by molar-refractivity contribution is 0.717. The molecule has 0 saturated carbocycles. The van der Waals surface area contributed by atoms with Gasteiger partial charge in [0.15, 0.2) is 5.82 Å². The van der Waals surface area contributed by atoms with E-state index in [4.69, 9.17) is 5.26 Å². The molecule has 5 heteroatoms. The Kier molecular flexibility index (Phi) is 2.64. The van der Waals surface area contributed by atoms with Crippen molar-refractivity contribution in [2.45, 2.75) is 20.3 Å². The molecule has 0 fully saturated rings. The first kappa shape index (κ1) is 10.3. The van der Waals surface area contributed by atoms with Gasteiger partial charge in [-0.2, -0.15) is 15.5 Å². The number of nitrogens with zero attached hydrogens (tertiary/aromatic N) is 5. The van der Waals surface area contributed by atoms with Crippen molar-refractivity contribution in [2.24, 2.45) is 0 Å². The summed E-state index contributed by atoms with van der Waals surface area (Å²) in [6, 6.07) is 3.88. The molecule has 5 nitrogen and oxygen atoms in total. The van der Waals surface area contributed by atoms with Crippen LogP contribution in [0.5, 0.6) is 0 Å². The fraction of sp³-hybridized carbons (Fsp3) is 0.273. The summed E-state index contributed by atoms with van der Waals surface area (Å²) in [5, 5.41) is 17.2. The zero-order valence-corrected chi connectivity index (χ0v) is 9.18. The van der Waals surface area contributed by atoms with Crippen LogP contribution in [0.1, 0.15) is 23.7 Å². The van der Waals surface area contributed by atoms with E-state index in [1.54, 1.807) is 18.5 Å². The molecule has 0 aliphatic carbocycles. The van der Waals surface area contributed by atoms with Gasteiger partial charge in [-0.15, -0.1) is 4.80 Å². The summed E-state index contributed by atoms with van der Waals surface area (Å²) in [5.41, 5.74) is 2.37. The molecule has 0 saturated heterocycles. The maximum atomic E-state index is 8.79. The molecule has 0 atom stereocenters. The van der Waals surface area contributed by atoms with Crippen LogP contribution in [0.3, 0.4) is 0 Å². The van der Waals surface area contributed by atoms with Crippen molar-refractivity contribution in [1.82, 2.24) is 20.0 Å². The van der Waals surface area contributed by atoms with Gasteiger partial charge in [-0.1, -0.05) is 6.92 Å². The Morgan fingerprint density at radius 1 is 1.44 bits per heavy atom. The highest BCUT2D eigenvalue weighted by molar-refractivity contribution is 5.38. The number of nitriles is 1. The number of hydrogen-bond donors (Lipinski definition) is 0. The van der Waals surface area contributed by atoms with Gasteiger partial charge in [0, 0.05) is 6.20 Å². The normalized spacial score (nSPS) is 10.1. The monoisotopic (exact) mass is 213 g/mol. The molecule has 0 aliphatic heterocycles. The number of aromatic nitrogens is 4. The summed E-state index contributed by atoms with van der Waals surface area (Å²) in [5.74, 6) is 0.635. The van der Waals surface area contributed by atoms with Crippen molar-refractivity contribution < 1.29 is 0 Å². The minimum absolute atomic E-state index is 0.576. The molecule has 0 amide bonds. The number of pyridine rings is 1. The molecule has 0 unspecified atom stereocenters. The lowest BCUT2D eigenvalue weighted by Crippen LogP contribution is -2.03. The SMILES string of the molecule is CCc1cnn(-c2cc(C)c(C#N)cn2)n1. The number of hydrogen-bond acceptors (Lipinski definition) is 4. The third-order valence-corrected chi connectivity index (χ3v) is 2.32. The van der Waals surface area contributed by atoms with E-state index < -0.39 is 0 Å². The molecule has 0 bridgehead atoms. The summed E-state index contributed by atoms with van der Waals surface area (Å²) in [6.45, 7) is 3.89. The van der Waals surface area contributed by atoms with Crippen LogP contribution in [-0.2, 0) is 6.42 Å². The predicted molar refractivity (Wildman–Crippen MR) is 58.0 cm³/mol. The molecule has 0 aliphatic rings. The maximum absolute atomic E-state index is 8.79. The van der Waals surface area contributed by atoms with Crippen LogP contribution in [0.15, 0.2) is 18.5 Å². The zero-order chi connectivity index (χ0) is 11.5. The van der Waals surface area contributed by atoms with Gasteiger partial charge < -0.3 is 0 Å². The van der Waals surface area contributed by atoms with E-state index in [0.29, 0.717) is 11.4 Å². The van der Waals surface area contributed by atoms with Crippen molar-refractivity contribution >= 4 is 0 Å². The Balaban J connectivity index is 2.42. The highest BCUT2D eigenvalue weighted by Gasteiger charge is 2.05. The summed E-state index contributed by atoms with van der Waals surface area (Å²) in [7, 11) is 0. The van der Waals surface area contributed by atoms with Gasteiger partial charge in [0.25, 0.3) is 0 Å². The molecular formula is C11H11N5. The van der Waals surface area contributed by atoms with Gasteiger partial charge in [0.1, 0.15) is 6.07 Å². The summed E-state index contributed by atoms with van der Waals surface area (Å²) in [6.07, 6.45) is 4.10. The summed E-state index contributed by atoms with van der Waals surface area (Å²) < 4.78 is 0. The minimum atomic E-state index is 0.576. The van der Waals surface area contributed by atoms with Gasteiger partial charge in [-0.25, -0.2) is 4.98 Å². The van der Waals surface area contributed by atoms with Crippen molar-refractivity contribution in [1.29, 1.82) is 5.26 Å². The fourth-order valence-electron chi connectivity index (χ4n) is 1.33. The molecule has 0 radical (unpaired) electrons. The van der Waals surface area contributed by atoms with Crippen LogP contribution >= 0.6 is 0 Å². The molecular weight excluding hydrogens is 202 g/mol. The van der Waals surface area contributed by atoms with Gasteiger partial charge in [0.2, 0.25) is 0 Å². The molecule has 80 valence electrons. The van der Waals surface area contributed by atoms with Gasteiger partial charge in [-0.3, -0.25) is 0 Å². The fourth-order valence-corrected chi connectivity index (χ4v) is 1.33. The molecule has 0 aromatic carbocycles. The third kappa shape index (κ3) is 1.77. The standard InChI is InChI=1S/C11H11N5/c1-3-10-7-14-16(15-10)11-4-8(2)9(5-12)6-13-11/h4,6-7H,3H2,1-2H3. The van der Waals surface area contributed by atoms with Crippen LogP contribution in [0.25, 0.3) is 5.82 Å². The van der Waals surface area contributed by atoms with Gasteiger partial charge in [0.05, 0.1) is 17.5 Å². The molecule has 16 heavy (non-hydrogen) atoms. The average Bonchev–Trinajstić information content (AvgIpc) is 2.77. The molecule has 2 aromatic rings. The van der Waals surface area contributed by atoms with E-state index in [-0.39, 0.29) is 0 Å². The van der Waals surface area contributed by atoms with E-state index in [0.717, 1.165) is 17.7 Å². The first-order chi connectivity index (χ1) is 7.74. The third-order valence-electron chi connectivity index (χ3n) is 2.32. The van der Waals surface area contributed by atoms with E-state index in [1.807, 2.05) is 13.8 Å². The lowest BCUT2D eigenvalue weighted by atomic mass is 10.2. The summed E-state index contributed by atoms with van der Waals surface area (Å²) >= 11 is 0. The Bertz CT molecular complexity index is 550. The minimum Gasteiger partial charge on any atom is -0.234 e. The second-order valence-electron chi connectivity index (χ2n) is 3.45. The second-order valence-corrected chi connectivity index (χ2v) is 3.45. The van der Waals surface area contributed by atoms with Crippen molar-refractivity contribution in [3.63, 3.8) is 0 Å². The molecule has 2 aromatic heterocycles. The number of aryl methyl sites for hydroxylation is 2. The Morgan fingerprint density at radius 3 is 2.81 bits per heavy atom. The predicted octanol–water partition coefficient (Wildman–Crippen LogP) is 1.40. The Morgan fingerprint density at radius 2 is 2.25 bits per heavy atom. The van der Waals surface area contributed by atoms with Crippen LogP contribution in [0.2, 0.25) is 0 Å². The van der Waals surface area contributed by atoms with Gasteiger partial charge >= 0.3 is 0 Å². The highest BCUT2D eigenvalue weighted by atomic mass is 15.5. The molecule has 0 spiro atoms. The van der Waals surface area contributed by atoms with Crippen molar-refractivity contribution in [3.05, 3.63) is 35.3 Å². The first-order valence-electron chi connectivity index (χ1n) is 5.03. The highest BCUT2D eigenvalue weighted by Crippen LogP contribution is 2.09. The largest absolute Gasteiger partial charge is 0.234 e. The van der Waals surface area contributed by atoms with Crippen molar-refractivity contribution in [3.8, 4) is 11.9 Å². The van der Waals surface area contributed by atoms with Crippen LogP contribution < -0.4 is 0 Å². The Hall–Kier alpha value is -2.22. The van der Waals surface area contributed by atoms with Crippen molar-refractivity contribution in [2.75, 3.05) is 0 Å².